The van der Waals surface area contributed by atoms with Gasteiger partial charge in [0.25, 0.3) is 11.8 Å². The van der Waals surface area contributed by atoms with Gasteiger partial charge in [-0.25, -0.2) is 5.43 Å². The Labute approximate surface area is 160 Å². The fourth-order valence-electron chi connectivity index (χ4n) is 2.32. The fraction of sp³-hybridized carbons (Fsp3) is 0.318. The normalized spacial score (nSPS) is 11.8. The Kier molecular flexibility index (Phi) is 6.50. The lowest BCUT2D eigenvalue weighted by Gasteiger charge is -2.19. The maximum absolute atomic E-state index is 12.4. The van der Waals surface area contributed by atoms with E-state index in [-0.39, 0.29) is 17.2 Å². The standard InChI is InChI=1S/C22H27N3O2/c1-6-15(2)24-25-21(27)17-9-13-19(14-10-17)23-20(26)16-7-11-18(12-8-16)22(3,4)5/h7-14H,6H2,1-5H3,(H,23,26)(H,25,27). The van der Waals surface area contributed by atoms with E-state index in [1.807, 2.05) is 38.1 Å². The van der Waals surface area contributed by atoms with Gasteiger partial charge < -0.3 is 5.32 Å². The second-order valence-corrected chi connectivity index (χ2v) is 7.50. The molecule has 0 aliphatic heterocycles. The average Bonchev–Trinajstić information content (AvgIpc) is 2.65. The van der Waals surface area contributed by atoms with E-state index in [0.717, 1.165) is 12.1 Å². The molecule has 2 N–H and O–H groups in total. The molecule has 0 atom stereocenters. The first-order valence-corrected chi connectivity index (χ1v) is 9.06. The maximum Gasteiger partial charge on any atom is 0.271 e. The minimum Gasteiger partial charge on any atom is -0.322 e. The van der Waals surface area contributed by atoms with Gasteiger partial charge in [0.05, 0.1) is 0 Å². The third kappa shape index (κ3) is 5.78. The van der Waals surface area contributed by atoms with Gasteiger partial charge in [0, 0.05) is 22.5 Å². The maximum atomic E-state index is 12.4. The van der Waals surface area contributed by atoms with Crippen LogP contribution in [-0.4, -0.2) is 17.5 Å². The molecule has 2 amide bonds. The topological polar surface area (TPSA) is 70.6 Å². The Bertz CT molecular complexity index is 829. The number of carbonyl (C=O) groups is 2. The molecule has 0 unspecified atom stereocenters. The predicted octanol–water partition coefficient (Wildman–Crippen LogP) is 4.75. The number of nitrogens with one attached hydrogen (secondary N) is 2. The van der Waals surface area contributed by atoms with Crippen molar-refractivity contribution in [3.05, 3.63) is 65.2 Å². The van der Waals surface area contributed by atoms with Crippen molar-refractivity contribution in [3.8, 4) is 0 Å². The largest absolute Gasteiger partial charge is 0.322 e. The minimum atomic E-state index is -0.279. The Balaban J connectivity index is 2.01. The highest BCUT2D eigenvalue weighted by Crippen LogP contribution is 2.22. The molecule has 2 rings (SSSR count). The van der Waals surface area contributed by atoms with E-state index >= 15 is 0 Å². The van der Waals surface area contributed by atoms with Gasteiger partial charge in [-0.3, -0.25) is 9.59 Å². The Morgan fingerprint density at radius 1 is 0.889 bits per heavy atom. The van der Waals surface area contributed by atoms with Crippen LogP contribution in [0.3, 0.4) is 0 Å². The van der Waals surface area contributed by atoms with Crippen LogP contribution < -0.4 is 10.7 Å². The van der Waals surface area contributed by atoms with Gasteiger partial charge in [0.2, 0.25) is 0 Å². The van der Waals surface area contributed by atoms with Crippen LogP contribution in [0.1, 0.15) is 67.3 Å². The van der Waals surface area contributed by atoms with Crippen molar-refractivity contribution in [2.45, 2.75) is 46.5 Å². The second-order valence-electron chi connectivity index (χ2n) is 7.50. The second kappa shape index (κ2) is 8.62. The van der Waals surface area contributed by atoms with Gasteiger partial charge in [-0.15, -0.1) is 0 Å². The van der Waals surface area contributed by atoms with Crippen LogP contribution in [0.15, 0.2) is 53.6 Å². The predicted molar refractivity (Wildman–Crippen MR) is 110 cm³/mol. The number of amides is 2. The van der Waals surface area contributed by atoms with E-state index in [1.54, 1.807) is 24.3 Å². The fourth-order valence-corrected chi connectivity index (χ4v) is 2.32. The number of carbonyl (C=O) groups excluding carboxylic acids is 2. The Morgan fingerprint density at radius 2 is 1.41 bits per heavy atom. The highest BCUT2D eigenvalue weighted by atomic mass is 16.2. The summed E-state index contributed by atoms with van der Waals surface area (Å²) in [6.07, 6.45) is 0.780. The summed E-state index contributed by atoms with van der Waals surface area (Å²) in [5.41, 5.74) is 6.29. The van der Waals surface area contributed by atoms with E-state index in [9.17, 15) is 9.59 Å². The van der Waals surface area contributed by atoms with Crippen molar-refractivity contribution >= 4 is 23.2 Å². The summed E-state index contributed by atoms with van der Waals surface area (Å²) in [4.78, 5) is 24.4. The van der Waals surface area contributed by atoms with Gasteiger partial charge in [0.15, 0.2) is 0 Å². The molecule has 0 aliphatic carbocycles. The molecule has 0 aromatic heterocycles. The van der Waals surface area contributed by atoms with E-state index < -0.39 is 0 Å². The van der Waals surface area contributed by atoms with Crippen LogP contribution in [0.25, 0.3) is 0 Å². The van der Waals surface area contributed by atoms with Gasteiger partial charge in [0.1, 0.15) is 0 Å². The molecule has 0 aliphatic rings. The third-order valence-corrected chi connectivity index (χ3v) is 4.28. The first-order valence-electron chi connectivity index (χ1n) is 9.06. The molecule has 0 spiro atoms. The molecule has 2 aromatic rings. The summed E-state index contributed by atoms with van der Waals surface area (Å²) in [6.45, 7) is 10.2. The molecule has 5 heteroatoms. The van der Waals surface area contributed by atoms with Crippen molar-refractivity contribution in [3.63, 3.8) is 0 Å². The van der Waals surface area contributed by atoms with Crippen LogP contribution in [0, 0.1) is 0 Å². The lowest BCUT2D eigenvalue weighted by atomic mass is 9.87. The summed E-state index contributed by atoms with van der Waals surface area (Å²) in [5, 5.41) is 6.84. The lowest BCUT2D eigenvalue weighted by Crippen LogP contribution is -2.19. The van der Waals surface area contributed by atoms with Crippen LogP contribution >= 0.6 is 0 Å². The molecular weight excluding hydrogens is 338 g/mol. The van der Waals surface area contributed by atoms with Crippen molar-refractivity contribution < 1.29 is 9.59 Å². The zero-order valence-electron chi connectivity index (χ0n) is 16.6. The number of nitrogens with zero attached hydrogens (tertiary/aromatic N) is 1. The molecule has 0 heterocycles. The van der Waals surface area contributed by atoms with Crippen LogP contribution in [0.2, 0.25) is 0 Å². The van der Waals surface area contributed by atoms with Crippen molar-refractivity contribution in [1.29, 1.82) is 0 Å². The Morgan fingerprint density at radius 3 is 1.93 bits per heavy atom. The number of benzene rings is 2. The Hall–Kier alpha value is -2.95. The monoisotopic (exact) mass is 365 g/mol. The van der Waals surface area contributed by atoms with Crippen molar-refractivity contribution in [1.82, 2.24) is 5.43 Å². The van der Waals surface area contributed by atoms with E-state index in [0.29, 0.717) is 16.8 Å². The number of anilines is 1. The summed E-state index contributed by atoms with van der Waals surface area (Å²) in [7, 11) is 0. The molecule has 0 radical (unpaired) electrons. The van der Waals surface area contributed by atoms with Crippen LogP contribution in [-0.2, 0) is 5.41 Å². The molecule has 2 aromatic carbocycles. The molecule has 0 fully saturated rings. The first kappa shape index (κ1) is 20.4. The quantitative estimate of drug-likeness (QED) is 0.593. The zero-order valence-corrected chi connectivity index (χ0v) is 16.6. The van der Waals surface area contributed by atoms with E-state index in [4.69, 9.17) is 0 Å². The number of hydrazone groups is 1. The van der Waals surface area contributed by atoms with Gasteiger partial charge in [-0.1, -0.05) is 39.8 Å². The van der Waals surface area contributed by atoms with Gasteiger partial charge >= 0.3 is 0 Å². The smallest absolute Gasteiger partial charge is 0.271 e. The lowest BCUT2D eigenvalue weighted by molar-refractivity contribution is 0.0954. The average molecular weight is 365 g/mol. The summed E-state index contributed by atoms with van der Waals surface area (Å²) in [6, 6.07) is 14.3. The molecule has 27 heavy (non-hydrogen) atoms. The van der Waals surface area contributed by atoms with Crippen molar-refractivity contribution in [2.24, 2.45) is 5.10 Å². The van der Waals surface area contributed by atoms with Crippen LogP contribution in [0.5, 0.6) is 0 Å². The molecule has 5 nitrogen and oxygen atoms in total. The van der Waals surface area contributed by atoms with Crippen LogP contribution in [0.4, 0.5) is 5.69 Å². The minimum absolute atomic E-state index is 0.0468. The number of hydrogen-bond donors (Lipinski definition) is 2. The molecule has 0 bridgehead atoms. The zero-order chi connectivity index (χ0) is 20.0. The summed E-state index contributed by atoms with van der Waals surface area (Å²) >= 11 is 0. The molecular formula is C22H27N3O2. The first-order chi connectivity index (χ1) is 12.7. The van der Waals surface area contributed by atoms with Gasteiger partial charge in [-0.2, -0.15) is 5.10 Å². The summed E-state index contributed by atoms with van der Waals surface area (Å²) in [5.74, 6) is -0.464. The number of hydrogen-bond acceptors (Lipinski definition) is 3. The third-order valence-electron chi connectivity index (χ3n) is 4.28. The molecule has 142 valence electrons. The summed E-state index contributed by atoms with van der Waals surface area (Å²) < 4.78 is 0. The molecule has 0 saturated carbocycles. The number of rotatable bonds is 5. The highest BCUT2D eigenvalue weighted by molar-refractivity contribution is 6.04. The van der Waals surface area contributed by atoms with E-state index in [1.165, 1.54) is 5.56 Å². The highest BCUT2D eigenvalue weighted by Gasteiger charge is 2.14. The van der Waals surface area contributed by atoms with Crippen molar-refractivity contribution in [2.75, 3.05) is 5.32 Å². The van der Waals surface area contributed by atoms with E-state index in [2.05, 4.69) is 36.6 Å². The SMILES string of the molecule is CCC(C)=NNC(=O)c1ccc(NC(=O)c2ccc(C(C)(C)C)cc2)cc1. The molecule has 0 saturated heterocycles. The van der Waals surface area contributed by atoms with Gasteiger partial charge in [-0.05, 0) is 60.7 Å².